The Morgan fingerprint density at radius 1 is 1.39 bits per heavy atom. The topological polar surface area (TPSA) is 50.4 Å². The Labute approximate surface area is 110 Å². The highest BCUT2D eigenvalue weighted by molar-refractivity contribution is 5.83. The van der Waals surface area contributed by atoms with Crippen LogP contribution in [0.3, 0.4) is 0 Å². The van der Waals surface area contributed by atoms with Crippen LogP contribution in [0.4, 0.5) is 0 Å². The molecule has 2 heterocycles. The van der Waals surface area contributed by atoms with Crippen molar-refractivity contribution in [3.05, 3.63) is 0 Å². The number of piperidine rings is 1. The number of carbonyl (C=O) groups is 1. The van der Waals surface area contributed by atoms with E-state index in [1.165, 1.54) is 0 Å². The molecule has 0 radical (unpaired) electrons. The highest BCUT2D eigenvalue weighted by atomic mass is 16.5. The van der Waals surface area contributed by atoms with Crippen molar-refractivity contribution in [1.82, 2.24) is 10.6 Å². The van der Waals surface area contributed by atoms with Gasteiger partial charge in [0.1, 0.15) is 0 Å². The fourth-order valence-corrected chi connectivity index (χ4v) is 3.05. The van der Waals surface area contributed by atoms with Crippen LogP contribution in [-0.2, 0) is 9.53 Å². The van der Waals surface area contributed by atoms with Gasteiger partial charge in [0.2, 0.25) is 5.91 Å². The second-order valence-electron chi connectivity index (χ2n) is 6.00. The van der Waals surface area contributed by atoms with Crippen molar-refractivity contribution < 1.29 is 9.53 Å². The Balaban J connectivity index is 1.89. The lowest BCUT2D eigenvalue weighted by Gasteiger charge is -2.36. The molecule has 4 heteroatoms. The molecule has 104 valence electrons. The third kappa shape index (κ3) is 2.86. The van der Waals surface area contributed by atoms with Crippen LogP contribution >= 0.6 is 0 Å². The molecular formula is C14H26N2O2. The molecule has 0 aliphatic carbocycles. The van der Waals surface area contributed by atoms with Crippen molar-refractivity contribution in [2.24, 2.45) is 5.41 Å². The largest absolute Gasteiger partial charge is 0.373 e. The van der Waals surface area contributed by atoms with Crippen LogP contribution in [0.2, 0.25) is 0 Å². The lowest BCUT2D eigenvalue weighted by Crippen LogP contribution is -2.52. The lowest BCUT2D eigenvalue weighted by atomic mass is 9.77. The minimum atomic E-state index is -0.201. The minimum Gasteiger partial charge on any atom is -0.373 e. The summed E-state index contributed by atoms with van der Waals surface area (Å²) in [4.78, 5) is 12.4. The van der Waals surface area contributed by atoms with Crippen LogP contribution < -0.4 is 10.6 Å². The van der Waals surface area contributed by atoms with Gasteiger partial charge in [0.25, 0.3) is 0 Å². The zero-order valence-corrected chi connectivity index (χ0v) is 11.7. The maximum atomic E-state index is 12.4. The van der Waals surface area contributed by atoms with Crippen molar-refractivity contribution >= 4 is 5.91 Å². The third-order valence-electron chi connectivity index (χ3n) is 4.55. The zero-order chi connectivity index (χ0) is 13.1. The Morgan fingerprint density at radius 2 is 2.22 bits per heavy atom. The average Bonchev–Trinajstić information content (AvgIpc) is 2.84. The van der Waals surface area contributed by atoms with Gasteiger partial charge in [-0.15, -0.1) is 0 Å². The highest BCUT2D eigenvalue weighted by Crippen LogP contribution is 2.31. The minimum absolute atomic E-state index is 0.146. The molecule has 0 aromatic heterocycles. The summed E-state index contributed by atoms with van der Waals surface area (Å²) in [6.07, 6.45) is 5.15. The summed E-state index contributed by atoms with van der Waals surface area (Å²) in [6, 6.07) is 0. The molecule has 0 bridgehead atoms. The van der Waals surface area contributed by atoms with E-state index in [0.29, 0.717) is 6.54 Å². The first-order valence-electron chi connectivity index (χ1n) is 7.23. The first kappa shape index (κ1) is 13.8. The van der Waals surface area contributed by atoms with E-state index in [0.717, 1.165) is 51.8 Å². The van der Waals surface area contributed by atoms with Gasteiger partial charge in [-0.1, -0.05) is 6.92 Å². The normalized spacial score (nSPS) is 36.6. The molecule has 1 amide bonds. The number of carbonyl (C=O) groups excluding carboxylic acids is 1. The lowest BCUT2D eigenvalue weighted by molar-refractivity contribution is -0.133. The number of amides is 1. The van der Waals surface area contributed by atoms with E-state index in [4.69, 9.17) is 4.74 Å². The van der Waals surface area contributed by atoms with Gasteiger partial charge in [0, 0.05) is 19.7 Å². The van der Waals surface area contributed by atoms with Gasteiger partial charge in [-0.3, -0.25) is 4.79 Å². The summed E-state index contributed by atoms with van der Waals surface area (Å²) in [5.41, 5.74) is -0.347. The van der Waals surface area contributed by atoms with Gasteiger partial charge in [0.15, 0.2) is 0 Å². The second kappa shape index (κ2) is 5.57. The Hall–Kier alpha value is -0.610. The summed E-state index contributed by atoms with van der Waals surface area (Å²) in [6.45, 7) is 7.53. The summed E-state index contributed by atoms with van der Waals surface area (Å²) < 4.78 is 5.71. The van der Waals surface area contributed by atoms with Crippen LogP contribution in [0.1, 0.15) is 46.0 Å². The van der Waals surface area contributed by atoms with Crippen molar-refractivity contribution in [2.45, 2.75) is 51.6 Å². The Morgan fingerprint density at radius 3 is 2.78 bits per heavy atom. The smallest absolute Gasteiger partial charge is 0.227 e. The van der Waals surface area contributed by atoms with Crippen molar-refractivity contribution in [1.29, 1.82) is 0 Å². The molecule has 2 atom stereocenters. The zero-order valence-electron chi connectivity index (χ0n) is 11.7. The molecule has 2 fully saturated rings. The molecule has 0 aromatic rings. The fraction of sp³-hybridized carbons (Fsp3) is 0.929. The third-order valence-corrected chi connectivity index (χ3v) is 4.55. The molecule has 0 saturated carbocycles. The van der Waals surface area contributed by atoms with Gasteiger partial charge < -0.3 is 15.4 Å². The summed E-state index contributed by atoms with van der Waals surface area (Å²) in [5.74, 6) is 0.203. The predicted molar refractivity (Wildman–Crippen MR) is 71.4 cm³/mol. The van der Waals surface area contributed by atoms with Crippen molar-refractivity contribution in [3.8, 4) is 0 Å². The van der Waals surface area contributed by atoms with E-state index in [2.05, 4.69) is 24.5 Å². The van der Waals surface area contributed by atoms with E-state index in [-0.39, 0.29) is 16.9 Å². The summed E-state index contributed by atoms with van der Waals surface area (Å²) in [7, 11) is 0. The van der Waals surface area contributed by atoms with Crippen LogP contribution in [0, 0.1) is 5.41 Å². The standard InChI is InChI=1S/C14H26N2O2/c1-3-14(7-4-8-15-11-14)12(17)16-10-13(2)6-5-9-18-13/h15H,3-11H2,1-2H3,(H,16,17). The monoisotopic (exact) mass is 254 g/mol. The van der Waals surface area contributed by atoms with E-state index in [9.17, 15) is 4.79 Å². The second-order valence-corrected chi connectivity index (χ2v) is 6.00. The number of nitrogens with one attached hydrogen (secondary N) is 2. The molecule has 4 nitrogen and oxygen atoms in total. The fourth-order valence-electron chi connectivity index (χ4n) is 3.05. The number of hydrogen-bond donors (Lipinski definition) is 2. The van der Waals surface area contributed by atoms with Crippen LogP contribution in [0.5, 0.6) is 0 Å². The number of ether oxygens (including phenoxy) is 1. The van der Waals surface area contributed by atoms with Gasteiger partial charge in [-0.2, -0.15) is 0 Å². The van der Waals surface area contributed by atoms with E-state index in [1.807, 2.05) is 0 Å². The van der Waals surface area contributed by atoms with Gasteiger partial charge in [0.05, 0.1) is 11.0 Å². The Kier molecular flexibility index (Phi) is 4.28. The van der Waals surface area contributed by atoms with Crippen LogP contribution in [0.15, 0.2) is 0 Å². The molecule has 18 heavy (non-hydrogen) atoms. The van der Waals surface area contributed by atoms with E-state index < -0.39 is 0 Å². The first-order valence-corrected chi connectivity index (χ1v) is 7.23. The Bertz CT molecular complexity index is 292. The van der Waals surface area contributed by atoms with Gasteiger partial charge in [-0.05, 0) is 45.6 Å². The van der Waals surface area contributed by atoms with Gasteiger partial charge in [-0.25, -0.2) is 0 Å². The summed E-state index contributed by atoms with van der Waals surface area (Å²) >= 11 is 0. The molecule has 2 N–H and O–H groups in total. The van der Waals surface area contributed by atoms with Crippen LogP contribution in [-0.4, -0.2) is 37.7 Å². The molecule has 0 aromatic carbocycles. The van der Waals surface area contributed by atoms with Crippen molar-refractivity contribution in [3.63, 3.8) is 0 Å². The molecule has 2 aliphatic rings. The predicted octanol–water partition coefficient (Wildman–Crippen LogP) is 1.45. The maximum absolute atomic E-state index is 12.4. The molecule has 0 spiro atoms. The summed E-state index contributed by atoms with van der Waals surface area (Å²) in [5, 5.41) is 6.48. The first-order chi connectivity index (χ1) is 8.60. The highest BCUT2D eigenvalue weighted by Gasteiger charge is 2.39. The molecule has 2 saturated heterocycles. The molecule has 2 rings (SSSR count). The van der Waals surface area contributed by atoms with Crippen LogP contribution in [0.25, 0.3) is 0 Å². The maximum Gasteiger partial charge on any atom is 0.227 e. The number of hydrogen-bond acceptors (Lipinski definition) is 3. The quantitative estimate of drug-likeness (QED) is 0.798. The SMILES string of the molecule is CCC1(C(=O)NCC2(C)CCCO2)CCCNC1. The van der Waals surface area contributed by atoms with Crippen molar-refractivity contribution in [2.75, 3.05) is 26.2 Å². The molecule has 2 aliphatic heterocycles. The van der Waals surface area contributed by atoms with Gasteiger partial charge >= 0.3 is 0 Å². The average molecular weight is 254 g/mol. The number of rotatable bonds is 4. The molecule has 2 unspecified atom stereocenters. The van der Waals surface area contributed by atoms with E-state index in [1.54, 1.807) is 0 Å². The van der Waals surface area contributed by atoms with E-state index >= 15 is 0 Å². The molecular weight excluding hydrogens is 228 g/mol.